The number of hydrogen-bond acceptors (Lipinski definition) is 2. The van der Waals surface area contributed by atoms with Gasteiger partial charge in [0, 0.05) is 16.7 Å². The van der Waals surface area contributed by atoms with Crippen LogP contribution in [0.25, 0.3) is 5.69 Å². The fraction of sp³-hybridized carbons (Fsp3) is 0.438. The fourth-order valence-electron chi connectivity index (χ4n) is 2.88. The molecule has 0 atom stereocenters. The Morgan fingerprint density at radius 2 is 2.05 bits per heavy atom. The van der Waals surface area contributed by atoms with Crippen LogP contribution >= 0.6 is 27.5 Å². The maximum Gasteiger partial charge on any atom is 0.208 e. The molecule has 0 radical (unpaired) electrons. The van der Waals surface area contributed by atoms with E-state index in [1.165, 1.54) is 32.1 Å². The highest BCUT2D eigenvalue weighted by Gasteiger charge is 2.17. The summed E-state index contributed by atoms with van der Waals surface area (Å²) in [5, 5.41) is 4.32. The van der Waals surface area contributed by atoms with Gasteiger partial charge in [0.1, 0.15) is 0 Å². The minimum atomic E-state index is 0.519. The molecule has 5 heteroatoms. The van der Waals surface area contributed by atoms with E-state index in [1.54, 1.807) is 0 Å². The van der Waals surface area contributed by atoms with E-state index in [2.05, 4.69) is 30.8 Å². The standard InChI is InChI=1S/C16H19BrClN3/c1-11-10-21(15-9-12(17)7-8-14(15)18)16(19-11)20-13-5-3-2-4-6-13/h7-10,13H,2-6H2,1H3,(H,19,20). The molecule has 1 heterocycles. The lowest BCUT2D eigenvalue weighted by atomic mass is 9.96. The fourth-order valence-corrected chi connectivity index (χ4v) is 3.44. The second kappa shape index (κ2) is 6.41. The zero-order valence-corrected chi connectivity index (χ0v) is 14.4. The van der Waals surface area contributed by atoms with Crippen molar-refractivity contribution in [3.63, 3.8) is 0 Å². The van der Waals surface area contributed by atoms with E-state index in [-0.39, 0.29) is 0 Å². The maximum absolute atomic E-state index is 6.36. The molecule has 0 spiro atoms. The number of nitrogens with one attached hydrogen (secondary N) is 1. The first kappa shape index (κ1) is 14.9. The van der Waals surface area contributed by atoms with Gasteiger partial charge in [-0.25, -0.2) is 4.98 Å². The Kier molecular flexibility index (Phi) is 4.55. The predicted octanol–water partition coefficient (Wildman–Crippen LogP) is 5.34. The monoisotopic (exact) mass is 367 g/mol. The van der Waals surface area contributed by atoms with Crippen molar-refractivity contribution in [2.75, 3.05) is 5.32 Å². The van der Waals surface area contributed by atoms with Crippen LogP contribution in [-0.2, 0) is 0 Å². The van der Waals surface area contributed by atoms with Gasteiger partial charge in [-0.2, -0.15) is 0 Å². The van der Waals surface area contributed by atoms with Gasteiger partial charge in [-0.1, -0.05) is 46.8 Å². The highest BCUT2D eigenvalue weighted by molar-refractivity contribution is 9.10. The van der Waals surface area contributed by atoms with Gasteiger partial charge in [-0.3, -0.25) is 4.57 Å². The second-order valence-corrected chi connectivity index (χ2v) is 6.97. The van der Waals surface area contributed by atoms with E-state index in [4.69, 9.17) is 11.6 Å². The molecule has 1 saturated carbocycles. The van der Waals surface area contributed by atoms with Crippen molar-refractivity contribution < 1.29 is 0 Å². The van der Waals surface area contributed by atoms with Crippen LogP contribution in [-0.4, -0.2) is 15.6 Å². The topological polar surface area (TPSA) is 29.9 Å². The normalized spacial score (nSPS) is 16.1. The molecule has 1 aliphatic carbocycles. The third-order valence-corrected chi connectivity index (χ3v) is 4.75. The number of imidazole rings is 1. The molecule has 3 rings (SSSR count). The maximum atomic E-state index is 6.36. The number of aryl methyl sites for hydroxylation is 1. The summed E-state index contributed by atoms with van der Waals surface area (Å²) in [6.07, 6.45) is 8.42. The Morgan fingerprint density at radius 1 is 1.29 bits per heavy atom. The van der Waals surface area contributed by atoms with Crippen LogP contribution in [0.5, 0.6) is 0 Å². The molecule has 112 valence electrons. The van der Waals surface area contributed by atoms with Crippen LogP contribution in [0.1, 0.15) is 37.8 Å². The minimum Gasteiger partial charge on any atom is -0.353 e. The van der Waals surface area contributed by atoms with Crippen molar-refractivity contribution in [3.05, 3.63) is 39.6 Å². The first-order chi connectivity index (χ1) is 10.1. The van der Waals surface area contributed by atoms with Crippen LogP contribution in [0.3, 0.4) is 0 Å². The Hall–Kier alpha value is -1.00. The lowest BCUT2D eigenvalue weighted by Gasteiger charge is -2.23. The van der Waals surface area contributed by atoms with Crippen LogP contribution < -0.4 is 5.32 Å². The van der Waals surface area contributed by atoms with Gasteiger partial charge < -0.3 is 5.32 Å². The molecule has 2 aromatic rings. The highest BCUT2D eigenvalue weighted by atomic mass is 79.9. The molecule has 1 N–H and O–H groups in total. The number of rotatable bonds is 3. The van der Waals surface area contributed by atoms with E-state index in [1.807, 2.05) is 31.3 Å². The average Bonchev–Trinajstić information content (AvgIpc) is 2.83. The van der Waals surface area contributed by atoms with Crippen LogP contribution in [0.2, 0.25) is 5.02 Å². The van der Waals surface area contributed by atoms with Gasteiger partial charge in [-0.15, -0.1) is 0 Å². The Morgan fingerprint density at radius 3 is 2.81 bits per heavy atom. The summed E-state index contributed by atoms with van der Waals surface area (Å²) in [4.78, 5) is 4.63. The second-order valence-electron chi connectivity index (χ2n) is 5.65. The predicted molar refractivity (Wildman–Crippen MR) is 91.5 cm³/mol. The van der Waals surface area contributed by atoms with Gasteiger partial charge in [-0.05, 0) is 38.0 Å². The zero-order valence-electron chi connectivity index (χ0n) is 12.1. The van der Waals surface area contributed by atoms with Crippen molar-refractivity contribution in [3.8, 4) is 5.69 Å². The molecule has 0 bridgehead atoms. The molecule has 3 nitrogen and oxygen atoms in total. The van der Waals surface area contributed by atoms with E-state index in [0.29, 0.717) is 6.04 Å². The molecular formula is C16H19BrClN3. The molecule has 1 aromatic heterocycles. The smallest absolute Gasteiger partial charge is 0.208 e. The first-order valence-corrected chi connectivity index (χ1v) is 8.58. The van der Waals surface area contributed by atoms with E-state index in [0.717, 1.165) is 26.8 Å². The van der Waals surface area contributed by atoms with Crippen LogP contribution in [0.15, 0.2) is 28.9 Å². The number of aromatic nitrogens is 2. The Balaban J connectivity index is 1.93. The van der Waals surface area contributed by atoms with Crippen molar-refractivity contribution in [1.82, 2.24) is 9.55 Å². The molecule has 0 amide bonds. The van der Waals surface area contributed by atoms with Gasteiger partial charge in [0.2, 0.25) is 5.95 Å². The summed E-state index contributed by atoms with van der Waals surface area (Å²) in [7, 11) is 0. The Bertz CT molecular complexity index is 632. The Labute approximate surface area is 138 Å². The number of halogens is 2. The molecular weight excluding hydrogens is 350 g/mol. The minimum absolute atomic E-state index is 0.519. The van der Waals surface area contributed by atoms with E-state index < -0.39 is 0 Å². The quantitative estimate of drug-likeness (QED) is 0.792. The average molecular weight is 369 g/mol. The SMILES string of the molecule is Cc1cn(-c2cc(Br)ccc2Cl)c(NC2CCCCC2)n1. The lowest BCUT2D eigenvalue weighted by Crippen LogP contribution is -2.24. The lowest BCUT2D eigenvalue weighted by molar-refractivity contribution is 0.460. The number of nitrogens with zero attached hydrogens (tertiary/aromatic N) is 2. The van der Waals surface area contributed by atoms with Gasteiger partial charge in [0.25, 0.3) is 0 Å². The zero-order chi connectivity index (χ0) is 14.8. The van der Waals surface area contributed by atoms with Crippen molar-refractivity contribution in [2.45, 2.75) is 45.1 Å². The first-order valence-electron chi connectivity index (χ1n) is 7.41. The van der Waals surface area contributed by atoms with E-state index in [9.17, 15) is 0 Å². The summed E-state index contributed by atoms with van der Waals surface area (Å²) < 4.78 is 3.06. The van der Waals surface area contributed by atoms with Crippen molar-refractivity contribution in [1.29, 1.82) is 0 Å². The molecule has 0 saturated heterocycles. The van der Waals surface area contributed by atoms with Gasteiger partial charge >= 0.3 is 0 Å². The van der Waals surface area contributed by atoms with Crippen molar-refractivity contribution >= 4 is 33.5 Å². The van der Waals surface area contributed by atoms with Crippen LogP contribution in [0, 0.1) is 6.92 Å². The third kappa shape index (κ3) is 3.43. The highest BCUT2D eigenvalue weighted by Crippen LogP contribution is 2.29. The third-order valence-electron chi connectivity index (χ3n) is 3.93. The van der Waals surface area contributed by atoms with Crippen LogP contribution in [0.4, 0.5) is 5.95 Å². The molecule has 0 unspecified atom stereocenters. The summed E-state index contributed by atoms with van der Waals surface area (Å²) in [6.45, 7) is 2.01. The summed E-state index contributed by atoms with van der Waals surface area (Å²) in [5.74, 6) is 0.888. The number of benzene rings is 1. The summed E-state index contributed by atoms with van der Waals surface area (Å²) >= 11 is 9.87. The van der Waals surface area contributed by atoms with Crippen molar-refractivity contribution in [2.24, 2.45) is 0 Å². The molecule has 21 heavy (non-hydrogen) atoms. The number of anilines is 1. The largest absolute Gasteiger partial charge is 0.353 e. The van der Waals surface area contributed by atoms with Gasteiger partial charge in [0.05, 0.1) is 16.4 Å². The summed E-state index contributed by atoms with van der Waals surface area (Å²) in [6, 6.07) is 6.39. The molecule has 0 aliphatic heterocycles. The molecule has 1 aliphatic rings. The van der Waals surface area contributed by atoms with E-state index >= 15 is 0 Å². The molecule has 1 fully saturated rings. The molecule has 1 aromatic carbocycles. The number of hydrogen-bond donors (Lipinski definition) is 1. The summed E-state index contributed by atoms with van der Waals surface area (Å²) in [5.41, 5.74) is 1.94. The van der Waals surface area contributed by atoms with Gasteiger partial charge in [0.15, 0.2) is 0 Å².